The van der Waals surface area contributed by atoms with E-state index in [1.807, 2.05) is 47.5 Å². The fraction of sp³-hybridized carbons (Fsp3) is 0.321. The Kier molecular flexibility index (Phi) is 7.35. The number of rotatable bonds is 6. The molecule has 2 aromatic carbocycles. The lowest BCUT2D eigenvalue weighted by atomic mass is 9.94. The second-order valence-corrected chi connectivity index (χ2v) is 10.9. The third kappa shape index (κ3) is 5.85. The van der Waals surface area contributed by atoms with Gasteiger partial charge in [-0.25, -0.2) is 4.98 Å². The predicted octanol–water partition coefficient (Wildman–Crippen LogP) is 7.28. The van der Waals surface area contributed by atoms with Gasteiger partial charge in [0.2, 0.25) is 5.13 Å². The van der Waals surface area contributed by atoms with E-state index in [0.29, 0.717) is 16.6 Å². The summed E-state index contributed by atoms with van der Waals surface area (Å²) in [6, 6.07) is 16.5. The van der Waals surface area contributed by atoms with Crippen LogP contribution in [0.25, 0.3) is 6.08 Å². The molecule has 180 valence electrons. The normalized spacial score (nSPS) is 19.1. The predicted molar refractivity (Wildman–Crippen MR) is 145 cm³/mol. The molecule has 1 aromatic heterocycles. The minimum atomic E-state index is 0.0497. The van der Waals surface area contributed by atoms with Crippen molar-refractivity contribution in [3.63, 3.8) is 0 Å². The number of aryl methyl sites for hydroxylation is 2. The summed E-state index contributed by atoms with van der Waals surface area (Å²) in [6.45, 7) is 4.57. The summed E-state index contributed by atoms with van der Waals surface area (Å²) in [6.07, 6.45) is 7.58. The molecular weight excluding hydrogens is 474 g/mol. The number of nitrogens with zero attached hydrogens (tertiary/aromatic N) is 3. The van der Waals surface area contributed by atoms with Crippen LogP contribution in [0.1, 0.15) is 54.5 Å². The number of aliphatic imine (C=N–C) groups is 1. The average Bonchev–Trinajstić information content (AvgIpc) is 3.42. The van der Waals surface area contributed by atoms with Gasteiger partial charge in [-0.05, 0) is 67.8 Å². The average molecular weight is 504 g/mol. The second-order valence-electron chi connectivity index (χ2n) is 9.09. The van der Waals surface area contributed by atoms with Crippen LogP contribution in [-0.2, 0) is 11.4 Å². The Hall–Kier alpha value is -2.90. The summed E-state index contributed by atoms with van der Waals surface area (Å²) in [7, 11) is 0. The lowest BCUT2D eigenvalue weighted by molar-refractivity contribution is -0.124. The van der Waals surface area contributed by atoms with Crippen LogP contribution in [0.5, 0.6) is 5.75 Å². The highest BCUT2D eigenvalue weighted by molar-refractivity contribution is 8.18. The number of amidine groups is 1. The summed E-state index contributed by atoms with van der Waals surface area (Å²) in [5, 5.41) is 3.45. The maximum Gasteiger partial charge on any atom is 0.267 e. The molecule has 1 aliphatic carbocycles. The van der Waals surface area contributed by atoms with Gasteiger partial charge in [0.1, 0.15) is 12.4 Å². The largest absolute Gasteiger partial charge is 0.489 e. The first-order valence-electron chi connectivity index (χ1n) is 12.1. The van der Waals surface area contributed by atoms with E-state index in [9.17, 15) is 4.79 Å². The molecule has 2 heterocycles. The Balaban J connectivity index is 1.33. The zero-order valence-electron chi connectivity index (χ0n) is 20.1. The maximum absolute atomic E-state index is 13.5. The van der Waals surface area contributed by atoms with Gasteiger partial charge in [0, 0.05) is 11.4 Å². The molecule has 1 amide bonds. The minimum absolute atomic E-state index is 0.0497. The first-order chi connectivity index (χ1) is 17.0. The van der Waals surface area contributed by atoms with Crippen LogP contribution in [0.2, 0.25) is 0 Å². The molecule has 5 rings (SSSR count). The van der Waals surface area contributed by atoms with E-state index in [1.165, 1.54) is 35.1 Å². The van der Waals surface area contributed by atoms with Gasteiger partial charge in [-0.2, -0.15) is 4.99 Å². The summed E-state index contributed by atoms with van der Waals surface area (Å²) in [4.78, 5) is 25.4. The van der Waals surface area contributed by atoms with Crippen molar-refractivity contribution in [2.24, 2.45) is 4.99 Å². The number of amides is 1. The lowest BCUT2D eigenvalue weighted by Gasteiger charge is -2.30. The Morgan fingerprint density at radius 1 is 1.06 bits per heavy atom. The Labute approximate surface area is 215 Å². The Bertz CT molecular complexity index is 1240. The van der Waals surface area contributed by atoms with E-state index in [0.717, 1.165) is 53.4 Å². The van der Waals surface area contributed by atoms with Gasteiger partial charge in [-0.15, -0.1) is 11.3 Å². The molecule has 2 fully saturated rings. The van der Waals surface area contributed by atoms with Gasteiger partial charge in [0.25, 0.3) is 5.91 Å². The molecule has 0 N–H and O–H groups in total. The summed E-state index contributed by atoms with van der Waals surface area (Å²) in [5.74, 6) is 0.858. The number of hydrogen-bond donors (Lipinski definition) is 0. The molecule has 0 spiro atoms. The Morgan fingerprint density at radius 3 is 2.49 bits per heavy atom. The first kappa shape index (κ1) is 23.8. The van der Waals surface area contributed by atoms with Gasteiger partial charge in [0.05, 0.1) is 10.6 Å². The van der Waals surface area contributed by atoms with Crippen LogP contribution in [0.15, 0.2) is 63.8 Å². The highest BCUT2D eigenvalue weighted by Crippen LogP contribution is 2.39. The van der Waals surface area contributed by atoms with E-state index in [4.69, 9.17) is 9.73 Å². The molecule has 0 atom stereocenters. The van der Waals surface area contributed by atoms with Crippen LogP contribution in [0.4, 0.5) is 5.13 Å². The molecule has 35 heavy (non-hydrogen) atoms. The van der Waals surface area contributed by atoms with Gasteiger partial charge in [-0.3, -0.25) is 9.69 Å². The molecule has 7 heteroatoms. The number of thioether (sulfide) groups is 1. The zero-order chi connectivity index (χ0) is 24.2. The van der Waals surface area contributed by atoms with E-state index >= 15 is 0 Å². The van der Waals surface area contributed by atoms with Crippen LogP contribution < -0.4 is 4.74 Å². The molecule has 0 radical (unpaired) electrons. The van der Waals surface area contributed by atoms with Crippen LogP contribution in [-0.4, -0.2) is 27.0 Å². The van der Waals surface area contributed by atoms with Gasteiger partial charge in [-0.1, -0.05) is 61.2 Å². The summed E-state index contributed by atoms with van der Waals surface area (Å²) in [5.41, 5.74) is 4.30. The molecule has 2 aliphatic rings. The maximum atomic E-state index is 13.5. The topological polar surface area (TPSA) is 54.8 Å². The van der Waals surface area contributed by atoms with Crippen molar-refractivity contribution in [3.8, 4) is 5.75 Å². The molecular formula is C28H29N3O2S2. The van der Waals surface area contributed by atoms with E-state index < -0.39 is 0 Å². The van der Waals surface area contributed by atoms with Crippen molar-refractivity contribution < 1.29 is 9.53 Å². The zero-order valence-corrected chi connectivity index (χ0v) is 21.7. The number of hydrogen-bond acceptors (Lipinski definition) is 6. The molecule has 3 aromatic rings. The number of ether oxygens (including phenoxy) is 1. The van der Waals surface area contributed by atoms with Crippen molar-refractivity contribution in [2.45, 2.75) is 58.6 Å². The standard InChI is InChI=1S/C28H29N3O2S2/c1-19-8-10-22(11-9-19)17-33-24-14-12-21(13-15-24)16-25-26(32)31(23-6-4-3-5-7-23)28(35-25)30-27-29-20(2)18-34-27/h8-16,18,23H,3-7,17H2,1-2H3/b25-16-,30-28+. The van der Waals surface area contributed by atoms with Crippen LogP contribution >= 0.6 is 23.1 Å². The Morgan fingerprint density at radius 2 is 1.80 bits per heavy atom. The monoisotopic (exact) mass is 503 g/mol. The number of carbonyl (C=O) groups is 1. The van der Waals surface area contributed by atoms with E-state index in [1.54, 1.807) is 0 Å². The van der Waals surface area contributed by atoms with E-state index in [2.05, 4.69) is 36.2 Å². The number of benzene rings is 2. The summed E-state index contributed by atoms with van der Waals surface area (Å²) < 4.78 is 5.93. The number of thiazole rings is 1. The van der Waals surface area contributed by atoms with Crippen molar-refractivity contribution in [1.29, 1.82) is 0 Å². The highest BCUT2D eigenvalue weighted by atomic mass is 32.2. The molecule has 1 aliphatic heterocycles. The van der Waals surface area contributed by atoms with Crippen molar-refractivity contribution in [2.75, 3.05) is 0 Å². The minimum Gasteiger partial charge on any atom is -0.489 e. The number of aromatic nitrogens is 1. The SMILES string of the molecule is Cc1ccc(COc2ccc(/C=C3\S/C(=N/c4nc(C)cs4)N(C4CCCCC4)C3=O)cc2)cc1. The van der Waals surface area contributed by atoms with Crippen molar-refractivity contribution in [3.05, 3.63) is 81.2 Å². The fourth-order valence-electron chi connectivity index (χ4n) is 4.36. The molecule has 5 nitrogen and oxygen atoms in total. The third-order valence-electron chi connectivity index (χ3n) is 6.28. The van der Waals surface area contributed by atoms with Crippen molar-refractivity contribution >= 4 is 45.4 Å². The lowest BCUT2D eigenvalue weighted by Crippen LogP contribution is -2.40. The quantitative estimate of drug-likeness (QED) is 0.332. The van der Waals surface area contributed by atoms with Gasteiger partial charge >= 0.3 is 0 Å². The van der Waals surface area contributed by atoms with Gasteiger partial charge < -0.3 is 4.74 Å². The molecule has 1 saturated heterocycles. The molecule has 0 bridgehead atoms. The van der Waals surface area contributed by atoms with Crippen LogP contribution in [0, 0.1) is 13.8 Å². The van der Waals surface area contributed by atoms with Crippen molar-refractivity contribution in [1.82, 2.24) is 9.88 Å². The fourth-order valence-corrected chi connectivity index (χ4v) is 6.13. The smallest absolute Gasteiger partial charge is 0.267 e. The highest BCUT2D eigenvalue weighted by Gasteiger charge is 2.38. The molecule has 0 unspecified atom stereocenters. The van der Waals surface area contributed by atoms with Gasteiger partial charge in [0.15, 0.2) is 5.17 Å². The molecule has 1 saturated carbocycles. The summed E-state index contributed by atoms with van der Waals surface area (Å²) >= 11 is 2.97. The second kappa shape index (κ2) is 10.8. The number of carbonyl (C=O) groups excluding carboxylic acids is 1. The first-order valence-corrected chi connectivity index (χ1v) is 13.8. The third-order valence-corrected chi connectivity index (χ3v) is 8.11. The van der Waals surface area contributed by atoms with E-state index in [-0.39, 0.29) is 11.9 Å². The van der Waals surface area contributed by atoms with Crippen LogP contribution in [0.3, 0.4) is 0 Å².